The molecule has 1 aliphatic carbocycles. The molecule has 1 aromatic rings. The van der Waals surface area contributed by atoms with Crippen molar-refractivity contribution in [2.45, 2.75) is 24.7 Å². The Hall–Kier alpha value is -1.65. The van der Waals surface area contributed by atoms with Gasteiger partial charge in [0, 0.05) is 11.6 Å². The van der Waals surface area contributed by atoms with Crippen LogP contribution in [0.4, 0.5) is 8.78 Å². The summed E-state index contributed by atoms with van der Waals surface area (Å²) in [6.45, 7) is 0. The fraction of sp³-hybridized carbons (Fsp3) is 0.364. The zero-order chi connectivity index (χ0) is 11.9. The van der Waals surface area contributed by atoms with Crippen LogP contribution in [0.1, 0.15) is 24.8 Å². The number of halogens is 2. The van der Waals surface area contributed by atoms with Gasteiger partial charge in [0.25, 0.3) is 0 Å². The van der Waals surface area contributed by atoms with Gasteiger partial charge in [0.05, 0.1) is 5.41 Å². The Kier molecular flexibility index (Phi) is 2.33. The van der Waals surface area contributed by atoms with Gasteiger partial charge in [-0.2, -0.15) is 0 Å². The highest BCUT2D eigenvalue weighted by molar-refractivity contribution is 5.83. The van der Waals surface area contributed by atoms with Gasteiger partial charge < -0.3 is 10.2 Å². The maximum atomic E-state index is 13.0. The van der Waals surface area contributed by atoms with E-state index in [1.54, 1.807) is 0 Å². The molecular weight excluding hydrogens is 218 g/mol. The molecule has 5 heteroatoms. The number of hydrogen-bond donors (Lipinski definition) is 2. The SMILES string of the molecule is O=C(O)C1(c2cc(F)c(F)cc2O)CCC1. The normalized spacial score (nSPS) is 17.9. The van der Waals surface area contributed by atoms with Crippen LogP contribution in [-0.2, 0) is 10.2 Å². The maximum absolute atomic E-state index is 13.0. The lowest BCUT2D eigenvalue weighted by molar-refractivity contribution is -0.147. The van der Waals surface area contributed by atoms with Crippen LogP contribution in [0.25, 0.3) is 0 Å². The highest BCUT2D eigenvalue weighted by Gasteiger charge is 2.47. The molecule has 1 fully saturated rings. The number of carboxylic acid groups (broad SMARTS) is 1. The summed E-state index contributed by atoms with van der Waals surface area (Å²) in [6.07, 6.45) is 1.37. The van der Waals surface area contributed by atoms with Gasteiger partial charge in [0.15, 0.2) is 11.6 Å². The molecule has 0 spiro atoms. The number of rotatable bonds is 2. The molecule has 86 valence electrons. The van der Waals surface area contributed by atoms with E-state index in [0.717, 1.165) is 6.07 Å². The van der Waals surface area contributed by atoms with E-state index in [1.165, 1.54) is 0 Å². The van der Waals surface area contributed by atoms with Gasteiger partial charge >= 0.3 is 5.97 Å². The highest BCUT2D eigenvalue weighted by Crippen LogP contribution is 2.47. The lowest BCUT2D eigenvalue weighted by Crippen LogP contribution is -2.42. The van der Waals surface area contributed by atoms with Crippen molar-refractivity contribution in [3.63, 3.8) is 0 Å². The van der Waals surface area contributed by atoms with Crippen molar-refractivity contribution in [2.24, 2.45) is 0 Å². The minimum Gasteiger partial charge on any atom is -0.508 e. The summed E-state index contributed by atoms with van der Waals surface area (Å²) in [6, 6.07) is 1.39. The van der Waals surface area contributed by atoms with E-state index < -0.39 is 28.8 Å². The number of phenols is 1. The molecule has 0 atom stereocenters. The molecule has 1 saturated carbocycles. The van der Waals surface area contributed by atoms with Gasteiger partial charge in [-0.15, -0.1) is 0 Å². The Morgan fingerprint density at radius 1 is 1.25 bits per heavy atom. The van der Waals surface area contributed by atoms with Gasteiger partial charge in [-0.3, -0.25) is 4.79 Å². The fourth-order valence-electron chi connectivity index (χ4n) is 2.05. The minimum absolute atomic E-state index is 0.0369. The molecule has 0 unspecified atom stereocenters. The number of aliphatic carboxylic acids is 1. The summed E-state index contributed by atoms with van der Waals surface area (Å²) in [4.78, 5) is 11.1. The standard InChI is InChI=1S/C11H10F2O3/c12-7-4-6(9(14)5-8(7)13)11(10(15)16)2-1-3-11/h4-5,14H,1-3H2,(H,15,16). The Morgan fingerprint density at radius 2 is 1.81 bits per heavy atom. The van der Waals surface area contributed by atoms with E-state index >= 15 is 0 Å². The number of carbonyl (C=O) groups is 1. The van der Waals surface area contributed by atoms with Gasteiger partial charge in [-0.1, -0.05) is 6.42 Å². The molecule has 3 nitrogen and oxygen atoms in total. The number of hydrogen-bond acceptors (Lipinski definition) is 2. The van der Waals surface area contributed by atoms with Gasteiger partial charge in [0.1, 0.15) is 5.75 Å². The van der Waals surface area contributed by atoms with Crippen LogP contribution in [0, 0.1) is 11.6 Å². The number of carboxylic acids is 1. The van der Waals surface area contributed by atoms with E-state index in [1.807, 2.05) is 0 Å². The van der Waals surface area contributed by atoms with Crippen LogP contribution in [0.2, 0.25) is 0 Å². The quantitative estimate of drug-likeness (QED) is 0.815. The first kappa shape index (κ1) is 10.9. The first-order chi connectivity index (χ1) is 7.47. The maximum Gasteiger partial charge on any atom is 0.314 e. The van der Waals surface area contributed by atoms with Crippen molar-refractivity contribution in [3.8, 4) is 5.75 Å². The molecule has 1 aromatic carbocycles. The van der Waals surface area contributed by atoms with Gasteiger partial charge in [-0.25, -0.2) is 8.78 Å². The second kappa shape index (κ2) is 3.43. The van der Waals surface area contributed by atoms with Crippen LogP contribution in [0.3, 0.4) is 0 Å². The monoisotopic (exact) mass is 228 g/mol. The number of benzene rings is 1. The Labute approximate surface area is 90.3 Å². The van der Waals surface area contributed by atoms with Crippen molar-refractivity contribution in [1.82, 2.24) is 0 Å². The topological polar surface area (TPSA) is 57.5 Å². The number of phenolic OH excluding ortho intramolecular Hbond substituents is 1. The Balaban J connectivity index is 2.55. The predicted octanol–water partition coefficient (Wildman–Crippen LogP) is 2.18. The Morgan fingerprint density at radius 3 is 2.25 bits per heavy atom. The van der Waals surface area contributed by atoms with Crippen molar-refractivity contribution in [2.75, 3.05) is 0 Å². The average molecular weight is 228 g/mol. The van der Waals surface area contributed by atoms with E-state index in [2.05, 4.69) is 0 Å². The fourth-order valence-corrected chi connectivity index (χ4v) is 2.05. The molecule has 0 aromatic heterocycles. The van der Waals surface area contributed by atoms with Crippen LogP contribution < -0.4 is 0 Å². The highest BCUT2D eigenvalue weighted by atomic mass is 19.2. The van der Waals surface area contributed by atoms with Crippen molar-refractivity contribution in [3.05, 3.63) is 29.3 Å². The van der Waals surface area contributed by atoms with Crippen molar-refractivity contribution < 1.29 is 23.8 Å². The van der Waals surface area contributed by atoms with Crippen molar-refractivity contribution >= 4 is 5.97 Å². The third-order valence-corrected chi connectivity index (χ3v) is 3.17. The van der Waals surface area contributed by atoms with Crippen molar-refractivity contribution in [1.29, 1.82) is 0 Å². The molecule has 0 heterocycles. The largest absolute Gasteiger partial charge is 0.508 e. The smallest absolute Gasteiger partial charge is 0.314 e. The molecule has 0 saturated heterocycles. The lowest BCUT2D eigenvalue weighted by atomic mass is 9.64. The molecule has 0 aliphatic heterocycles. The summed E-state index contributed by atoms with van der Waals surface area (Å²) in [7, 11) is 0. The second-order valence-corrected chi connectivity index (χ2v) is 4.02. The van der Waals surface area contributed by atoms with Gasteiger partial charge in [0.2, 0.25) is 0 Å². The zero-order valence-electron chi connectivity index (χ0n) is 8.33. The van der Waals surface area contributed by atoms with Crippen LogP contribution in [-0.4, -0.2) is 16.2 Å². The summed E-state index contributed by atoms with van der Waals surface area (Å²) < 4.78 is 25.8. The molecular formula is C11H10F2O3. The minimum atomic E-state index is -1.25. The molecule has 0 radical (unpaired) electrons. The molecule has 16 heavy (non-hydrogen) atoms. The lowest BCUT2D eigenvalue weighted by Gasteiger charge is -2.38. The van der Waals surface area contributed by atoms with E-state index in [-0.39, 0.29) is 5.56 Å². The number of aromatic hydroxyl groups is 1. The summed E-state index contributed by atoms with van der Waals surface area (Å²) in [5, 5.41) is 18.6. The third-order valence-electron chi connectivity index (χ3n) is 3.17. The molecule has 0 amide bonds. The first-order valence-electron chi connectivity index (χ1n) is 4.89. The van der Waals surface area contributed by atoms with Crippen LogP contribution >= 0.6 is 0 Å². The van der Waals surface area contributed by atoms with Crippen LogP contribution in [0.5, 0.6) is 5.75 Å². The average Bonchev–Trinajstić information content (AvgIpc) is 2.11. The summed E-state index contributed by atoms with van der Waals surface area (Å²) in [5.74, 6) is -3.93. The van der Waals surface area contributed by atoms with Crippen LogP contribution in [0.15, 0.2) is 12.1 Å². The zero-order valence-corrected chi connectivity index (χ0v) is 8.33. The van der Waals surface area contributed by atoms with E-state index in [4.69, 9.17) is 5.11 Å². The third kappa shape index (κ3) is 1.35. The van der Waals surface area contributed by atoms with Gasteiger partial charge in [-0.05, 0) is 18.9 Å². The predicted molar refractivity (Wildman–Crippen MR) is 51.2 cm³/mol. The summed E-state index contributed by atoms with van der Waals surface area (Å²) in [5.41, 5.74) is -1.29. The molecule has 2 N–H and O–H groups in total. The second-order valence-electron chi connectivity index (χ2n) is 4.02. The van der Waals surface area contributed by atoms with E-state index in [0.29, 0.717) is 25.3 Å². The van der Waals surface area contributed by atoms with E-state index in [9.17, 15) is 18.7 Å². The molecule has 2 rings (SSSR count). The molecule has 1 aliphatic rings. The summed E-state index contributed by atoms with van der Waals surface area (Å²) >= 11 is 0. The first-order valence-corrected chi connectivity index (χ1v) is 4.89. The Bertz CT molecular complexity index is 453. The molecule has 0 bridgehead atoms.